The van der Waals surface area contributed by atoms with Crippen molar-refractivity contribution in [3.05, 3.63) is 34.3 Å². The van der Waals surface area contributed by atoms with E-state index in [9.17, 15) is 9.59 Å². The van der Waals surface area contributed by atoms with E-state index >= 15 is 0 Å². The maximum absolute atomic E-state index is 11.7. The van der Waals surface area contributed by atoms with E-state index in [-0.39, 0.29) is 10.6 Å². The van der Waals surface area contributed by atoms with Crippen molar-refractivity contribution in [3.8, 4) is 0 Å². The molecule has 0 bridgehead atoms. The average molecular weight is 241 g/mol. The number of ether oxygens (including phenoxy) is 1. The summed E-state index contributed by atoms with van der Waals surface area (Å²) in [5.41, 5.74) is 0.128. The number of halogens is 1. The fraction of sp³-hybridized carbons (Fsp3) is 0.333. The van der Waals surface area contributed by atoms with Crippen LogP contribution in [-0.4, -0.2) is 17.9 Å². The normalized spacial score (nSPS) is 11.0. The minimum Gasteiger partial charge on any atom is -0.456 e. The van der Waals surface area contributed by atoms with Gasteiger partial charge >= 0.3 is 5.97 Å². The van der Waals surface area contributed by atoms with Gasteiger partial charge in [-0.05, 0) is 32.9 Å². The first-order valence-electron chi connectivity index (χ1n) is 4.81. The molecular formula is C12H13ClO3. The third-order valence-corrected chi connectivity index (χ3v) is 2.06. The lowest BCUT2D eigenvalue weighted by Gasteiger charge is -2.19. The van der Waals surface area contributed by atoms with Gasteiger partial charge < -0.3 is 4.74 Å². The summed E-state index contributed by atoms with van der Waals surface area (Å²) in [6, 6.07) is 4.45. The summed E-state index contributed by atoms with van der Waals surface area (Å²) in [6.45, 7) is 5.33. The van der Waals surface area contributed by atoms with Crippen LogP contribution in [0.4, 0.5) is 0 Å². The highest BCUT2D eigenvalue weighted by Crippen LogP contribution is 2.20. The van der Waals surface area contributed by atoms with Crippen molar-refractivity contribution in [3.63, 3.8) is 0 Å². The number of rotatable bonds is 2. The highest BCUT2D eigenvalue weighted by atomic mass is 35.5. The molecule has 4 heteroatoms. The monoisotopic (exact) mass is 240 g/mol. The number of hydrogen-bond donors (Lipinski definition) is 0. The summed E-state index contributed by atoms with van der Waals surface area (Å²) < 4.78 is 5.17. The largest absolute Gasteiger partial charge is 0.456 e. The van der Waals surface area contributed by atoms with E-state index in [0.717, 1.165) is 0 Å². The van der Waals surface area contributed by atoms with E-state index in [1.54, 1.807) is 20.8 Å². The molecule has 0 heterocycles. The van der Waals surface area contributed by atoms with Gasteiger partial charge in [-0.2, -0.15) is 0 Å². The quantitative estimate of drug-likeness (QED) is 0.589. The molecular weight excluding hydrogens is 228 g/mol. The number of carbonyl (C=O) groups excluding carboxylic acids is 2. The molecule has 0 fully saturated rings. The van der Waals surface area contributed by atoms with Crippen molar-refractivity contribution < 1.29 is 14.3 Å². The standard InChI is InChI=1S/C12H13ClO3/c1-12(2,3)16-11(15)9-5-4-8(7-14)6-10(9)13/h4-7H,1-3H3. The predicted octanol–water partition coefficient (Wildman–Crippen LogP) is 3.11. The highest BCUT2D eigenvalue weighted by molar-refractivity contribution is 6.33. The Morgan fingerprint density at radius 1 is 1.38 bits per heavy atom. The van der Waals surface area contributed by atoms with Crippen molar-refractivity contribution in [2.75, 3.05) is 0 Å². The van der Waals surface area contributed by atoms with Crippen LogP contribution in [0.15, 0.2) is 18.2 Å². The molecule has 0 radical (unpaired) electrons. The Labute approximate surface area is 99.4 Å². The minimum absolute atomic E-state index is 0.221. The Morgan fingerprint density at radius 2 is 2.00 bits per heavy atom. The lowest BCUT2D eigenvalue weighted by molar-refractivity contribution is 0.00696. The Kier molecular flexibility index (Phi) is 3.70. The molecule has 1 rings (SSSR count). The van der Waals surface area contributed by atoms with Crippen LogP contribution >= 0.6 is 11.6 Å². The Balaban J connectivity index is 2.97. The fourth-order valence-corrected chi connectivity index (χ4v) is 1.37. The van der Waals surface area contributed by atoms with Crippen LogP contribution in [0.3, 0.4) is 0 Å². The van der Waals surface area contributed by atoms with Crippen LogP contribution in [0.1, 0.15) is 41.5 Å². The highest BCUT2D eigenvalue weighted by Gasteiger charge is 2.19. The van der Waals surface area contributed by atoms with E-state index < -0.39 is 11.6 Å². The van der Waals surface area contributed by atoms with Crippen LogP contribution < -0.4 is 0 Å². The third kappa shape index (κ3) is 3.35. The average Bonchev–Trinajstić information content (AvgIpc) is 2.14. The molecule has 0 spiro atoms. The first-order chi connectivity index (χ1) is 7.33. The van der Waals surface area contributed by atoms with E-state index in [4.69, 9.17) is 16.3 Å². The van der Waals surface area contributed by atoms with E-state index in [1.807, 2.05) is 0 Å². The van der Waals surface area contributed by atoms with Gasteiger partial charge in [-0.15, -0.1) is 0 Å². The molecule has 0 aliphatic heterocycles. The number of carbonyl (C=O) groups is 2. The van der Waals surface area contributed by atoms with Gasteiger partial charge in [0.1, 0.15) is 11.9 Å². The molecule has 0 atom stereocenters. The summed E-state index contributed by atoms with van der Waals surface area (Å²) in [6.07, 6.45) is 0.671. The summed E-state index contributed by atoms with van der Waals surface area (Å²) in [5.74, 6) is -0.491. The summed E-state index contributed by atoms with van der Waals surface area (Å²) in [5, 5.41) is 0.221. The first kappa shape index (κ1) is 12.7. The Morgan fingerprint density at radius 3 is 2.44 bits per heavy atom. The molecule has 1 aromatic carbocycles. The molecule has 0 aliphatic carbocycles. The van der Waals surface area contributed by atoms with Gasteiger partial charge in [0.15, 0.2) is 0 Å². The van der Waals surface area contributed by atoms with E-state index in [1.165, 1.54) is 18.2 Å². The topological polar surface area (TPSA) is 43.4 Å². The van der Waals surface area contributed by atoms with Gasteiger partial charge in [0.05, 0.1) is 10.6 Å². The van der Waals surface area contributed by atoms with Crippen LogP contribution in [0.25, 0.3) is 0 Å². The number of benzene rings is 1. The van der Waals surface area contributed by atoms with Gasteiger partial charge in [0.25, 0.3) is 0 Å². The summed E-state index contributed by atoms with van der Waals surface area (Å²) in [4.78, 5) is 22.2. The van der Waals surface area contributed by atoms with Gasteiger partial charge in [0.2, 0.25) is 0 Å². The maximum atomic E-state index is 11.7. The Hall–Kier alpha value is -1.35. The van der Waals surface area contributed by atoms with Crippen LogP contribution in [0, 0.1) is 0 Å². The lowest BCUT2D eigenvalue weighted by Crippen LogP contribution is -2.24. The SMILES string of the molecule is CC(C)(C)OC(=O)c1ccc(C=O)cc1Cl. The maximum Gasteiger partial charge on any atom is 0.340 e. The van der Waals surface area contributed by atoms with Crippen molar-refractivity contribution in [1.29, 1.82) is 0 Å². The minimum atomic E-state index is -0.566. The van der Waals surface area contributed by atoms with Crippen molar-refractivity contribution in [2.24, 2.45) is 0 Å². The van der Waals surface area contributed by atoms with Gasteiger partial charge in [-0.1, -0.05) is 17.7 Å². The van der Waals surface area contributed by atoms with Gasteiger partial charge in [-0.3, -0.25) is 4.79 Å². The molecule has 0 unspecified atom stereocenters. The van der Waals surface area contributed by atoms with E-state index in [0.29, 0.717) is 11.8 Å². The first-order valence-corrected chi connectivity index (χ1v) is 5.19. The Bertz CT molecular complexity index is 419. The smallest absolute Gasteiger partial charge is 0.340 e. The third-order valence-electron chi connectivity index (χ3n) is 1.75. The second-order valence-electron chi connectivity index (χ2n) is 4.36. The molecule has 0 saturated carbocycles. The molecule has 0 saturated heterocycles. The second kappa shape index (κ2) is 4.66. The number of esters is 1. The fourth-order valence-electron chi connectivity index (χ4n) is 1.10. The molecule has 0 N–H and O–H groups in total. The van der Waals surface area contributed by atoms with E-state index in [2.05, 4.69) is 0 Å². The molecule has 86 valence electrons. The molecule has 0 aromatic heterocycles. The lowest BCUT2D eigenvalue weighted by atomic mass is 10.1. The van der Waals surface area contributed by atoms with Crippen molar-refractivity contribution in [1.82, 2.24) is 0 Å². The predicted molar refractivity (Wildman–Crippen MR) is 62.0 cm³/mol. The van der Waals surface area contributed by atoms with Crippen molar-refractivity contribution >= 4 is 23.9 Å². The summed E-state index contributed by atoms with van der Waals surface area (Å²) >= 11 is 5.87. The summed E-state index contributed by atoms with van der Waals surface area (Å²) in [7, 11) is 0. The molecule has 16 heavy (non-hydrogen) atoms. The van der Waals surface area contributed by atoms with Crippen LogP contribution in [-0.2, 0) is 4.74 Å². The van der Waals surface area contributed by atoms with Crippen LogP contribution in [0.2, 0.25) is 5.02 Å². The van der Waals surface area contributed by atoms with Crippen molar-refractivity contribution in [2.45, 2.75) is 26.4 Å². The second-order valence-corrected chi connectivity index (χ2v) is 4.77. The molecule has 0 amide bonds. The zero-order valence-electron chi connectivity index (χ0n) is 9.41. The molecule has 3 nitrogen and oxygen atoms in total. The number of hydrogen-bond acceptors (Lipinski definition) is 3. The molecule has 0 aliphatic rings. The number of aldehydes is 1. The zero-order chi connectivity index (χ0) is 12.3. The van der Waals surface area contributed by atoms with Crippen LogP contribution in [0.5, 0.6) is 0 Å². The molecule has 1 aromatic rings. The zero-order valence-corrected chi connectivity index (χ0v) is 10.2. The van der Waals surface area contributed by atoms with Gasteiger partial charge in [0, 0.05) is 5.56 Å². The van der Waals surface area contributed by atoms with Gasteiger partial charge in [-0.25, -0.2) is 4.79 Å².